The third-order valence-electron chi connectivity index (χ3n) is 4.10. The molecule has 0 amide bonds. The number of rotatable bonds is 3. The molecule has 0 spiro atoms. The fraction of sp³-hybridized carbons (Fsp3) is 0.500. The first-order valence-electron chi connectivity index (χ1n) is 7.00. The van der Waals surface area contributed by atoms with E-state index >= 15 is 0 Å². The standard InChI is InChI=1S/C16H21NO3S/c1-9-10(2)15-13(11(3)14(9)19-12(4)18)6-7-16(5,20-15)17-8-21/h8H,6-7H2,1-5H3,(H,17,21). The van der Waals surface area contributed by atoms with Gasteiger partial charge < -0.3 is 14.8 Å². The van der Waals surface area contributed by atoms with E-state index in [9.17, 15) is 4.79 Å². The van der Waals surface area contributed by atoms with Crippen LogP contribution in [-0.4, -0.2) is 17.2 Å². The summed E-state index contributed by atoms with van der Waals surface area (Å²) in [5, 5.41) is 3.10. The van der Waals surface area contributed by atoms with Crippen molar-refractivity contribution in [3.05, 3.63) is 22.3 Å². The third-order valence-corrected chi connectivity index (χ3v) is 4.22. The van der Waals surface area contributed by atoms with Gasteiger partial charge in [0.2, 0.25) is 0 Å². The summed E-state index contributed by atoms with van der Waals surface area (Å²) in [5.41, 5.74) is 5.04. The van der Waals surface area contributed by atoms with E-state index in [4.69, 9.17) is 21.7 Å². The fourth-order valence-corrected chi connectivity index (χ4v) is 3.01. The van der Waals surface area contributed by atoms with E-state index in [2.05, 4.69) is 5.32 Å². The summed E-state index contributed by atoms with van der Waals surface area (Å²) in [4.78, 5) is 11.3. The molecule has 1 heterocycles. The van der Waals surface area contributed by atoms with Crippen molar-refractivity contribution in [2.45, 2.75) is 53.2 Å². The lowest BCUT2D eigenvalue weighted by molar-refractivity contribution is -0.132. The smallest absolute Gasteiger partial charge is 0.308 e. The van der Waals surface area contributed by atoms with Gasteiger partial charge in [-0.05, 0) is 50.8 Å². The molecule has 0 aliphatic carbocycles. The van der Waals surface area contributed by atoms with Gasteiger partial charge in [0.05, 0.1) is 5.49 Å². The highest BCUT2D eigenvalue weighted by atomic mass is 32.1. The zero-order valence-corrected chi connectivity index (χ0v) is 13.9. The first-order chi connectivity index (χ1) is 9.79. The molecule has 0 fully saturated rings. The molecular formula is C16H21NO3S. The number of benzene rings is 1. The quantitative estimate of drug-likeness (QED) is 0.528. The molecule has 1 atom stereocenters. The molecule has 2 rings (SSSR count). The Morgan fingerprint density at radius 1 is 1.33 bits per heavy atom. The summed E-state index contributed by atoms with van der Waals surface area (Å²) in [6.45, 7) is 9.32. The van der Waals surface area contributed by atoms with E-state index in [0.717, 1.165) is 40.8 Å². The molecule has 1 N–H and O–H groups in total. The van der Waals surface area contributed by atoms with Crippen LogP contribution in [-0.2, 0) is 11.2 Å². The molecule has 1 aromatic rings. The number of ether oxygens (including phenoxy) is 2. The Bertz CT molecular complexity index is 612. The highest BCUT2D eigenvalue weighted by Gasteiger charge is 2.34. The number of esters is 1. The number of carbonyl (C=O) groups is 1. The minimum absolute atomic E-state index is 0.301. The van der Waals surface area contributed by atoms with Crippen LogP contribution in [0.4, 0.5) is 0 Å². The number of thiocarbonyl (C=S) groups is 1. The molecule has 114 valence electrons. The van der Waals surface area contributed by atoms with Gasteiger partial charge in [-0.1, -0.05) is 12.2 Å². The van der Waals surface area contributed by atoms with Gasteiger partial charge in [0.25, 0.3) is 0 Å². The maximum Gasteiger partial charge on any atom is 0.308 e. The van der Waals surface area contributed by atoms with Crippen LogP contribution < -0.4 is 14.8 Å². The fourth-order valence-electron chi connectivity index (χ4n) is 2.76. The molecule has 0 aromatic heterocycles. The summed E-state index contributed by atoms with van der Waals surface area (Å²) in [5.74, 6) is 1.23. The van der Waals surface area contributed by atoms with Crippen LogP contribution in [0.15, 0.2) is 0 Å². The maximum atomic E-state index is 11.3. The summed E-state index contributed by atoms with van der Waals surface area (Å²) in [7, 11) is 0. The molecule has 21 heavy (non-hydrogen) atoms. The van der Waals surface area contributed by atoms with Crippen molar-refractivity contribution >= 4 is 23.7 Å². The van der Waals surface area contributed by atoms with E-state index in [0.29, 0.717) is 5.75 Å². The van der Waals surface area contributed by atoms with Crippen molar-refractivity contribution < 1.29 is 14.3 Å². The van der Waals surface area contributed by atoms with E-state index in [1.807, 2.05) is 27.7 Å². The summed E-state index contributed by atoms with van der Waals surface area (Å²) in [6, 6.07) is 0. The van der Waals surface area contributed by atoms with Crippen molar-refractivity contribution in [3.63, 3.8) is 0 Å². The van der Waals surface area contributed by atoms with Crippen molar-refractivity contribution in [2.75, 3.05) is 0 Å². The average molecular weight is 307 g/mol. The average Bonchev–Trinajstić information content (AvgIpc) is 2.41. The lowest BCUT2D eigenvalue weighted by Crippen LogP contribution is -2.49. The second kappa shape index (κ2) is 5.64. The Balaban J connectivity index is 2.53. The molecule has 1 aliphatic heterocycles. The molecule has 0 saturated carbocycles. The van der Waals surface area contributed by atoms with E-state index < -0.39 is 5.72 Å². The highest BCUT2D eigenvalue weighted by molar-refractivity contribution is 7.78. The van der Waals surface area contributed by atoms with E-state index in [1.54, 1.807) is 0 Å². The number of fused-ring (bicyclic) bond motifs is 1. The molecular weight excluding hydrogens is 286 g/mol. The summed E-state index contributed by atoms with van der Waals surface area (Å²) < 4.78 is 11.6. The van der Waals surface area contributed by atoms with E-state index in [-0.39, 0.29) is 5.97 Å². The zero-order valence-electron chi connectivity index (χ0n) is 13.1. The van der Waals surface area contributed by atoms with Crippen LogP contribution in [0, 0.1) is 20.8 Å². The Hall–Kier alpha value is -1.62. The largest absolute Gasteiger partial charge is 0.468 e. The van der Waals surface area contributed by atoms with Crippen LogP contribution in [0.3, 0.4) is 0 Å². The van der Waals surface area contributed by atoms with Gasteiger partial charge >= 0.3 is 5.97 Å². The lowest BCUT2D eigenvalue weighted by atomic mass is 9.90. The van der Waals surface area contributed by atoms with Gasteiger partial charge in [0, 0.05) is 18.9 Å². The Kier molecular flexibility index (Phi) is 4.23. The maximum absolute atomic E-state index is 11.3. The van der Waals surface area contributed by atoms with Gasteiger partial charge in [0.1, 0.15) is 11.5 Å². The van der Waals surface area contributed by atoms with Crippen LogP contribution in [0.5, 0.6) is 11.5 Å². The second-order valence-corrected chi connectivity index (χ2v) is 5.94. The molecule has 4 nitrogen and oxygen atoms in total. The van der Waals surface area contributed by atoms with Crippen LogP contribution >= 0.6 is 12.2 Å². The Labute approximate surface area is 130 Å². The van der Waals surface area contributed by atoms with Gasteiger partial charge in [0.15, 0.2) is 5.72 Å². The SMILES string of the molecule is CC(=O)Oc1c(C)c(C)c2c(c1C)CCC(C)(NC=S)O2. The molecule has 0 bridgehead atoms. The van der Waals surface area contributed by atoms with Crippen molar-refractivity contribution in [1.82, 2.24) is 5.32 Å². The van der Waals surface area contributed by atoms with Crippen LogP contribution in [0.1, 0.15) is 42.5 Å². The van der Waals surface area contributed by atoms with Gasteiger partial charge in [-0.2, -0.15) is 0 Å². The predicted molar refractivity (Wildman–Crippen MR) is 86.1 cm³/mol. The van der Waals surface area contributed by atoms with E-state index in [1.165, 1.54) is 12.4 Å². The normalized spacial score (nSPS) is 20.2. The van der Waals surface area contributed by atoms with Crippen molar-refractivity contribution in [1.29, 1.82) is 0 Å². The molecule has 1 aromatic carbocycles. The molecule has 1 unspecified atom stereocenters. The number of hydrogen-bond donors (Lipinski definition) is 1. The first-order valence-corrected chi connectivity index (χ1v) is 7.47. The lowest BCUT2D eigenvalue weighted by Gasteiger charge is -2.37. The van der Waals surface area contributed by atoms with Crippen molar-refractivity contribution in [2.24, 2.45) is 0 Å². The molecule has 5 heteroatoms. The molecule has 0 saturated heterocycles. The topological polar surface area (TPSA) is 47.6 Å². The Morgan fingerprint density at radius 3 is 2.57 bits per heavy atom. The Morgan fingerprint density at radius 2 is 2.00 bits per heavy atom. The number of hydrogen-bond acceptors (Lipinski definition) is 4. The van der Waals surface area contributed by atoms with Crippen LogP contribution in [0.2, 0.25) is 0 Å². The molecule has 0 radical (unpaired) electrons. The third kappa shape index (κ3) is 2.88. The molecule has 1 aliphatic rings. The zero-order chi connectivity index (χ0) is 15.8. The number of carbonyl (C=O) groups excluding carboxylic acids is 1. The minimum Gasteiger partial charge on any atom is -0.468 e. The van der Waals surface area contributed by atoms with Gasteiger partial charge in [-0.15, -0.1) is 0 Å². The van der Waals surface area contributed by atoms with Gasteiger partial charge in [-0.3, -0.25) is 4.79 Å². The number of nitrogens with one attached hydrogen (secondary N) is 1. The van der Waals surface area contributed by atoms with Crippen LogP contribution in [0.25, 0.3) is 0 Å². The minimum atomic E-state index is -0.485. The highest BCUT2D eigenvalue weighted by Crippen LogP contribution is 2.43. The van der Waals surface area contributed by atoms with Gasteiger partial charge in [-0.25, -0.2) is 0 Å². The predicted octanol–water partition coefficient (Wildman–Crippen LogP) is 3.13. The summed E-state index contributed by atoms with van der Waals surface area (Å²) >= 11 is 4.88. The first kappa shape index (κ1) is 15.8. The second-order valence-electron chi connectivity index (χ2n) is 5.70. The van der Waals surface area contributed by atoms with Crippen molar-refractivity contribution in [3.8, 4) is 11.5 Å². The summed E-state index contributed by atoms with van der Waals surface area (Å²) in [6.07, 6.45) is 1.65. The monoisotopic (exact) mass is 307 g/mol.